The van der Waals surface area contributed by atoms with E-state index in [1.54, 1.807) is 56.3 Å². The second kappa shape index (κ2) is 9.80. The highest BCUT2D eigenvalue weighted by atomic mass is 16.7. The molecule has 3 aromatic rings. The van der Waals surface area contributed by atoms with Gasteiger partial charge in [-0.2, -0.15) is 0 Å². The predicted molar refractivity (Wildman–Crippen MR) is 129 cm³/mol. The van der Waals surface area contributed by atoms with Gasteiger partial charge in [0.25, 0.3) is 5.79 Å². The molecule has 0 fully saturated rings. The Labute approximate surface area is 207 Å². The number of aromatic hydroxyl groups is 2. The number of rotatable bonds is 8. The molecule has 3 aromatic carbocycles. The van der Waals surface area contributed by atoms with Gasteiger partial charge < -0.3 is 30.2 Å². The molecule has 9 heteroatoms. The zero-order valence-corrected chi connectivity index (χ0v) is 19.7. The molecule has 9 nitrogen and oxygen atoms in total. The molecule has 36 heavy (non-hydrogen) atoms. The first-order valence-corrected chi connectivity index (χ1v) is 11.4. The van der Waals surface area contributed by atoms with Gasteiger partial charge in [0.2, 0.25) is 0 Å². The van der Waals surface area contributed by atoms with Crippen molar-refractivity contribution in [2.24, 2.45) is 0 Å². The number of nitrogen functional groups attached to an aromatic ring is 1. The summed E-state index contributed by atoms with van der Waals surface area (Å²) >= 11 is 0. The lowest BCUT2D eigenvalue weighted by Crippen LogP contribution is -2.49. The number of carbonyl (C=O) groups excluding carboxylic acids is 3. The summed E-state index contributed by atoms with van der Waals surface area (Å²) in [6, 6.07) is 14.3. The number of hydrogen-bond donors (Lipinski definition) is 3. The number of nitrogens with two attached hydrogens (primary N) is 1. The number of fused-ring (bicyclic) bond motifs is 2. The number of esters is 1. The lowest BCUT2D eigenvalue weighted by molar-refractivity contribution is -0.238. The van der Waals surface area contributed by atoms with Crippen LogP contribution in [0.2, 0.25) is 0 Å². The maximum absolute atomic E-state index is 13.3. The third-order valence-corrected chi connectivity index (χ3v) is 5.88. The van der Waals surface area contributed by atoms with Crippen LogP contribution in [0.25, 0.3) is 0 Å². The number of hydrogen-bond acceptors (Lipinski definition) is 9. The largest absolute Gasteiger partial charge is 0.507 e. The van der Waals surface area contributed by atoms with Crippen LogP contribution < -0.4 is 10.5 Å². The van der Waals surface area contributed by atoms with E-state index in [0.717, 1.165) is 0 Å². The van der Waals surface area contributed by atoms with Crippen LogP contribution in [0.3, 0.4) is 0 Å². The van der Waals surface area contributed by atoms with Crippen molar-refractivity contribution in [1.82, 2.24) is 0 Å². The Kier molecular flexibility index (Phi) is 6.78. The van der Waals surface area contributed by atoms with E-state index < -0.39 is 46.9 Å². The van der Waals surface area contributed by atoms with E-state index in [2.05, 4.69) is 0 Å². The van der Waals surface area contributed by atoms with Crippen molar-refractivity contribution < 1.29 is 38.8 Å². The SMILES string of the molecule is CCOC(Cc1c(O)c(N)c2c(c1O)C(=O)c1ccccc1C2=O)(OCC)C(=O)Oc1ccccc1. The fourth-order valence-corrected chi connectivity index (χ4v) is 4.28. The maximum Gasteiger partial charge on any atom is 0.372 e. The lowest BCUT2D eigenvalue weighted by atomic mass is 9.80. The Balaban J connectivity index is 1.85. The van der Waals surface area contributed by atoms with Crippen molar-refractivity contribution in [3.63, 3.8) is 0 Å². The van der Waals surface area contributed by atoms with Gasteiger partial charge in [-0.15, -0.1) is 0 Å². The molecule has 186 valence electrons. The minimum Gasteiger partial charge on any atom is -0.507 e. The Morgan fingerprint density at radius 1 is 0.833 bits per heavy atom. The van der Waals surface area contributed by atoms with Crippen LogP contribution in [0.5, 0.6) is 17.2 Å². The zero-order chi connectivity index (χ0) is 26.0. The van der Waals surface area contributed by atoms with Crippen LogP contribution in [-0.4, -0.2) is 46.7 Å². The highest BCUT2D eigenvalue weighted by Gasteiger charge is 2.46. The number of carbonyl (C=O) groups is 3. The highest BCUT2D eigenvalue weighted by molar-refractivity contribution is 6.31. The number of ketones is 2. The minimum absolute atomic E-state index is 0.0105. The number of ether oxygens (including phenoxy) is 3. The zero-order valence-electron chi connectivity index (χ0n) is 19.7. The molecule has 0 heterocycles. The van der Waals surface area contributed by atoms with Gasteiger partial charge in [0.15, 0.2) is 11.6 Å². The Morgan fingerprint density at radius 3 is 1.92 bits per heavy atom. The molecular formula is C27H25NO8. The first kappa shape index (κ1) is 24.9. The Bertz CT molecular complexity index is 1340. The van der Waals surface area contributed by atoms with Crippen LogP contribution in [0.4, 0.5) is 5.69 Å². The van der Waals surface area contributed by atoms with Crippen LogP contribution >= 0.6 is 0 Å². The van der Waals surface area contributed by atoms with Gasteiger partial charge in [-0.1, -0.05) is 42.5 Å². The summed E-state index contributed by atoms with van der Waals surface area (Å²) in [5.41, 5.74) is 4.96. The molecule has 1 aliphatic rings. The van der Waals surface area contributed by atoms with Crippen LogP contribution in [0.15, 0.2) is 54.6 Å². The van der Waals surface area contributed by atoms with Crippen molar-refractivity contribution in [3.8, 4) is 17.2 Å². The quantitative estimate of drug-likeness (QED) is 0.0843. The summed E-state index contributed by atoms with van der Waals surface area (Å²) in [5, 5.41) is 22.1. The summed E-state index contributed by atoms with van der Waals surface area (Å²) in [6.45, 7) is 3.28. The molecule has 0 unspecified atom stereocenters. The molecule has 0 radical (unpaired) electrons. The van der Waals surface area contributed by atoms with E-state index in [1.807, 2.05) is 0 Å². The van der Waals surface area contributed by atoms with Crippen LogP contribution in [-0.2, 0) is 20.7 Å². The number of anilines is 1. The molecule has 0 saturated carbocycles. The van der Waals surface area contributed by atoms with Gasteiger partial charge in [0.1, 0.15) is 17.2 Å². The molecule has 4 N–H and O–H groups in total. The van der Waals surface area contributed by atoms with Crippen LogP contribution in [0, 0.1) is 0 Å². The van der Waals surface area contributed by atoms with Crippen molar-refractivity contribution in [2.45, 2.75) is 26.1 Å². The Hall–Kier alpha value is -4.21. The van der Waals surface area contributed by atoms with E-state index in [-0.39, 0.29) is 46.8 Å². The maximum atomic E-state index is 13.3. The van der Waals surface area contributed by atoms with Crippen molar-refractivity contribution >= 4 is 23.2 Å². The average Bonchev–Trinajstić information content (AvgIpc) is 2.88. The summed E-state index contributed by atoms with van der Waals surface area (Å²) in [5.74, 6) is -5.43. The van der Waals surface area contributed by atoms with E-state index in [0.29, 0.717) is 0 Å². The smallest absolute Gasteiger partial charge is 0.372 e. The Morgan fingerprint density at radius 2 is 1.36 bits per heavy atom. The number of para-hydroxylation sites is 1. The third-order valence-electron chi connectivity index (χ3n) is 5.88. The van der Waals surface area contributed by atoms with E-state index in [4.69, 9.17) is 19.9 Å². The molecule has 0 spiro atoms. The van der Waals surface area contributed by atoms with Crippen LogP contribution in [0.1, 0.15) is 51.3 Å². The normalized spacial score (nSPS) is 12.7. The number of phenolic OH excluding ortho intramolecular Hbond substituents is 2. The minimum atomic E-state index is -2.10. The second-order valence-corrected chi connectivity index (χ2v) is 8.04. The molecule has 0 atom stereocenters. The van der Waals surface area contributed by atoms with E-state index >= 15 is 0 Å². The van der Waals surface area contributed by atoms with Crippen molar-refractivity contribution in [2.75, 3.05) is 18.9 Å². The van der Waals surface area contributed by atoms with Gasteiger partial charge in [0.05, 0.1) is 16.8 Å². The number of phenols is 2. The summed E-state index contributed by atoms with van der Waals surface area (Å²) in [7, 11) is 0. The molecule has 0 saturated heterocycles. The predicted octanol–water partition coefficient (Wildman–Crippen LogP) is 3.37. The lowest BCUT2D eigenvalue weighted by Gasteiger charge is -2.32. The van der Waals surface area contributed by atoms with Gasteiger partial charge >= 0.3 is 5.97 Å². The fourth-order valence-electron chi connectivity index (χ4n) is 4.28. The topological polar surface area (TPSA) is 145 Å². The summed E-state index contributed by atoms with van der Waals surface area (Å²) < 4.78 is 16.8. The van der Waals surface area contributed by atoms with Gasteiger partial charge in [0, 0.05) is 36.3 Å². The van der Waals surface area contributed by atoms with E-state index in [9.17, 15) is 24.6 Å². The molecular weight excluding hydrogens is 466 g/mol. The first-order valence-electron chi connectivity index (χ1n) is 11.4. The summed E-state index contributed by atoms with van der Waals surface area (Å²) in [4.78, 5) is 39.7. The molecule has 0 aromatic heterocycles. The monoisotopic (exact) mass is 491 g/mol. The third kappa shape index (κ3) is 4.08. The van der Waals surface area contributed by atoms with Gasteiger partial charge in [-0.3, -0.25) is 9.59 Å². The molecule has 1 aliphatic carbocycles. The van der Waals surface area contributed by atoms with Crippen molar-refractivity contribution in [3.05, 3.63) is 82.4 Å². The number of benzene rings is 3. The first-order chi connectivity index (χ1) is 17.3. The molecule has 0 aliphatic heterocycles. The van der Waals surface area contributed by atoms with Gasteiger partial charge in [-0.05, 0) is 26.0 Å². The average molecular weight is 491 g/mol. The van der Waals surface area contributed by atoms with Gasteiger partial charge in [-0.25, -0.2) is 4.79 Å². The van der Waals surface area contributed by atoms with Crippen molar-refractivity contribution in [1.29, 1.82) is 0 Å². The standard InChI is InChI=1S/C27H25NO8/c1-3-34-27(35-4-2,26(33)36-15-10-6-5-7-11-15)14-18-24(31)20-19(21(28)25(18)32)22(29)16-12-8-9-13-17(16)23(20)30/h5-13,31-32H,3-4,14,28H2,1-2H3. The van der Waals surface area contributed by atoms with E-state index in [1.165, 1.54) is 12.1 Å². The molecule has 4 rings (SSSR count). The fraction of sp³-hybridized carbons (Fsp3) is 0.222. The highest BCUT2D eigenvalue weighted by Crippen LogP contribution is 2.46. The second-order valence-electron chi connectivity index (χ2n) is 8.04. The summed E-state index contributed by atoms with van der Waals surface area (Å²) in [6.07, 6.45) is -0.557. The molecule has 0 amide bonds. The molecule has 0 bridgehead atoms.